The van der Waals surface area contributed by atoms with Gasteiger partial charge in [-0.25, -0.2) is 0 Å². The molecular weight excluding hydrogens is 551 g/mol. The summed E-state index contributed by atoms with van der Waals surface area (Å²) in [7, 11) is 0. The molecule has 202 valence electrons. The number of rotatable bonds is 1. The predicted molar refractivity (Wildman–Crippen MR) is 190 cm³/mol. The van der Waals surface area contributed by atoms with Gasteiger partial charge in [-0.2, -0.15) is 0 Å². The molecule has 0 radical (unpaired) electrons. The third-order valence-electron chi connectivity index (χ3n) is 9.99. The van der Waals surface area contributed by atoms with Gasteiger partial charge in [-0.3, -0.25) is 0 Å². The average molecular weight is 575 g/mol. The fourth-order valence-electron chi connectivity index (χ4n) is 8.26. The highest BCUT2D eigenvalue weighted by molar-refractivity contribution is 7.17. The topological polar surface area (TPSA) is 8.17 Å². The second-order valence-electron chi connectivity index (χ2n) is 12.1. The fourth-order valence-corrected chi connectivity index (χ4v) is 9.09. The Labute approximate surface area is 258 Å². The number of thiophene rings is 1. The third kappa shape index (κ3) is 2.78. The third-order valence-corrected chi connectivity index (χ3v) is 10.9. The van der Waals surface area contributed by atoms with E-state index in [0.29, 0.717) is 0 Å². The Morgan fingerprint density at radius 2 is 1.34 bits per heavy atom. The van der Waals surface area contributed by atoms with Gasteiger partial charge in [0.05, 0.1) is 5.69 Å². The molecule has 0 amide bonds. The van der Waals surface area contributed by atoms with Gasteiger partial charge in [0.2, 0.25) is 0 Å². The van der Waals surface area contributed by atoms with Gasteiger partial charge < -0.3 is 9.38 Å². The van der Waals surface area contributed by atoms with E-state index in [2.05, 4.69) is 148 Å². The predicted octanol–water partition coefficient (Wildman–Crippen LogP) is 9.73. The van der Waals surface area contributed by atoms with Crippen molar-refractivity contribution in [2.24, 2.45) is 0 Å². The molecule has 0 fully saturated rings. The smallest absolute Gasteiger partial charge is 0.333 e. The number of nitrogens with zero attached hydrogens (tertiary/aromatic N) is 2. The first-order valence-corrected chi connectivity index (χ1v) is 16.1. The maximum atomic E-state index is 2.65. The quantitative estimate of drug-likeness (QED) is 0.177. The summed E-state index contributed by atoms with van der Waals surface area (Å²) in [6, 6.07) is 49.9. The summed E-state index contributed by atoms with van der Waals surface area (Å²) in [5.74, 6) is 0. The Balaban J connectivity index is 1.38. The molecule has 4 heterocycles. The number of fused-ring (bicyclic) bond motifs is 12. The summed E-state index contributed by atoms with van der Waals surface area (Å²) in [6.45, 7) is 0.0536. The molecule has 4 heteroatoms. The fraction of sp³-hybridized carbons (Fsp3) is 0. The minimum Gasteiger partial charge on any atom is -0.375 e. The minimum atomic E-state index is 0.0536. The first-order valence-electron chi connectivity index (χ1n) is 15.2. The van der Waals surface area contributed by atoms with Gasteiger partial charge in [-0.05, 0) is 68.4 Å². The lowest BCUT2D eigenvalue weighted by Crippen LogP contribution is -2.56. The molecule has 0 unspecified atom stereocenters. The lowest BCUT2D eigenvalue weighted by molar-refractivity contribution is 1.27. The Kier molecular flexibility index (Phi) is 4.32. The minimum absolute atomic E-state index is 0.0536. The van der Waals surface area contributed by atoms with Crippen LogP contribution >= 0.6 is 11.3 Å². The van der Waals surface area contributed by atoms with Crippen LogP contribution in [0.1, 0.15) is 0 Å². The summed E-state index contributed by atoms with van der Waals surface area (Å²) < 4.78 is 3.98. The number of hydrogen-bond acceptors (Lipinski definition) is 2. The molecular formula is C40H23BN2S. The van der Waals surface area contributed by atoms with Crippen molar-refractivity contribution >= 4 is 99.6 Å². The molecule has 2 nitrogen and oxygen atoms in total. The van der Waals surface area contributed by atoms with Gasteiger partial charge in [0.25, 0.3) is 0 Å². The Hall–Kier alpha value is -5.32. The normalized spacial score (nSPS) is 13.4. The molecule has 0 saturated heterocycles. The van der Waals surface area contributed by atoms with Gasteiger partial charge in [-0.1, -0.05) is 103 Å². The first-order chi connectivity index (χ1) is 21.8. The van der Waals surface area contributed by atoms with Crippen LogP contribution < -0.4 is 15.8 Å². The van der Waals surface area contributed by atoms with E-state index in [1.54, 1.807) is 0 Å². The van der Waals surface area contributed by atoms with Crippen molar-refractivity contribution in [3.05, 3.63) is 139 Å². The van der Waals surface area contributed by atoms with E-state index in [-0.39, 0.29) is 6.85 Å². The number of aromatic nitrogens is 1. The van der Waals surface area contributed by atoms with Crippen LogP contribution in [-0.4, -0.2) is 11.3 Å². The van der Waals surface area contributed by atoms with Gasteiger partial charge in [0, 0.05) is 54.2 Å². The molecule has 2 aromatic heterocycles. The summed E-state index contributed by atoms with van der Waals surface area (Å²) in [5.41, 5.74) is 11.8. The summed E-state index contributed by atoms with van der Waals surface area (Å²) in [6.07, 6.45) is 0. The van der Waals surface area contributed by atoms with E-state index < -0.39 is 0 Å². The first kappa shape index (κ1) is 23.2. The highest BCUT2D eigenvalue weighted by Gasteiger charge is 2.44. The molecule has 0 saturated carbocycles. The summed E-state index contributed by atoms with van der Waals surface area (Å²) in [5, 5.41) is 11.3. The van der Waals surface area contributed by atoms with Gasteiger partial charge in [-0.15, -0.1) is 11.3 Å². The van der Waals surface area contributed by atoms with Gasteiger partial charge >= 0.3 is 6.85 Å². The van der Waals surface area contributed by atoms with Crippen LogP contribution in [0.25, 0.3) is 64.6 Å². The average Bonchev–Trinajstić information content (AvgIpc) is 3.69. The number of para-hydroxylation sites is 2. The molecule has 0 aliphatic carbocycles. The molecule has 0 spiro atoms. The molecule has 2 aliphatic rings. The highest BCUT2D eigenvalue weighted by Crippen LogP contribution is 2.49. The molecule has 0 atom stereocenters. The summed E-state index contributed by atoms with van der Waals surface area (Å²) in [4.78, 5) is 2.56. The van der Waals surface area contributed by atoms with Crippen LogP contribution in [0, 0.1) is 0 Å². The summed E-state index contributed by atoms with van der Waals surface area (Å²) >= 11 is 1.84. The van der Waals surface area contributed by atoms with Crippen LogP contribution in [0.5, 0.6) is 0 Å². The van der Waals surface area contributed by atoms with Crippen LogP contribution in [0.2, 0.25) is 0 Å². The SMILES string of the molecule is c1ccc2cc(N3c4cc5sccc5c5c4B(c4ccc6ccccc6c43)n3c4ccccc4c4cccc-5c43)ccc2c1. The monoisotopic (exact) mass is 574 g/mol. The number of benzene rings is 7. The zero-order valence-electron chi connectivity index (χ0n) is 23.7. The van der Waals surface area contributed by atoms with E-state index in [0.717, 1.165) is 0 Å². The molecule has 0 bridgehead atoms. The molecule has 7 aromatic carbocycles. The second kappa shape index (κ2) is 8.19. The van der Waals surface area contributed by atoms with Crippen molar-refractivity contribution in [1.29, 1.82) is 0 Å². The molecule has 11 rings (SSSR count). The van der Waals surface area contributed by atoms with E-state index in [1.807, 2.05) is 11.3 Å². The Bertz CT molecular complexity index is 2700. The number of hydrogen-bond donors (Lipinski definition) is 0. The van der Waals surface area contributed by atoms with Crippen molar-refractivity contribution in [2.45, 2.75) is 0 Å². The molecule has 2 aliphatic heterocycles. The Morgan fingerprint density at radius 1 is 0.568 bits per heavy atom. The van der Waals surface area contributed by atoms with E-state index in [1.165, 1.54) is 92.6 Å². The maximum Gasteiger partial charge on any atom is 0.333 e. The van der Waals surface area contributed by atoms with Gasteiger partial charge in [0.1, 0.15) is 0 Å². The molecule has 0 N–H and O–H groups in total. The van der Waals surface area contributed by atoms with Crippen molar-refractivity contribution in [2.75, 3.05) is 4.90 Å². The van der Waals surface area contributed by atoms with Crippen molar-refractivity contribution < 1.29 is 0 Å². The number of anilines is 3. The van der Waals surface area contributed by atoms with E-state index in [4.69, 9.17) is 0 Å². The van der Waals surface area contributed by atoms with Crippen molar-refractivity contribution in [3.63, 3.8) is 0 Å². The van der Waals surface area contributed by atoms with Crippen LogP contribution in [0.4, 0.5) is 17.1 Å². The lowest BCUT2D eigenvalue weighted by atomic mass is 9.44. The zero-order valence-corrected chi connectivity index (χ0v) is 24.5. The van der Waals surface area contributed by atoms with Crippen LogP contribution in [0.15, 0.2) is 139 Å². The lowest BCUT2D eigenvalue weighted by Gasteiger charge is -2.41. The zero-order chi connectivity index (χ0) is 28.5. The van der Waals surface area contributed by atoms with E-state index >= 15 is 0 Å². The Morgan fingerprint density at radius 3 is 2.27 bits per heavy atom. The van der Waals surface area contributed by atoms with Crippen LogP contribution in [-0.2, 0) is 0 Å². The van der Waals surface area contributed by atoms with E-state index in [9.17, 15) is 0 Å². The largest absolute Gasteiger partial charge is 0.375 e. The second-order valence-corrected chi connectivity index (χ2v) is 13.0. The highest BCUT2D eigenvalue weighted by atomic mass is 32.1. The van der Waals surface area contributed by atoms with Gasteiger partial charge in [0.15, 0.2) is 0 Å². The maximum absolute atomic E-state index is 2.65. The molecule has 44 heavy (non-hydrogen) atoms. The van der Waals surface area contributed by atoms with Crippen LogP contribution in [0.3, 0.4) is 0 Å². The molecule has 9 aromatic rings. The standard InChI is InChI=1S/C40H23BN2S/c1-2-10-26-22-27(18-16-24(26)8-1)42-35-23-36-31(20-21-44-36)37-32-14-7-13-30-29-12-5-6-15-34(29)43(39(30)32)41(38(35)37)33-19-17-25-9-3-4-11-28(25)40(33)42/h1-23H. The van der Waals surface area contributed by atoms with Crippen molar-refractivity contribution in [3.8, 4) is 11.1 Å². The van der Waals surface area contributed by atoms with Crippen molar-refractivity contribution in [1.82, 2.24) is 4.48 Å².